The van der Waals surface area contributed by atoms with Crippen LogP contribution in [0.5, 0.6) is 0 Å². The number of fused-ring (bicyclic) bond motifs is 1. The number of amides is 1. The third-order valence-electron chi connectivity index (χ3n) is 4.08. The Morgan fingerprint density at radius 1 is 1.20 bits per heavy atom. The van der Waals surface area contributed by atoms with Gasteiger partial charge in [0.15, 0.2) is 0 Å². The number of nitrogens with one attached hydrogen (secondary N) is 2. The maximum atomic E-state index is 12.1. The quantitative estimate of drug-likeness (QED) is 0.644. The van der Waals surface area contributed by atoms with E-state index in [2.05, 4.69) is 15.6 Å². The van der Waals surface area contributed by atoms with Crippen molar-refractivity contribution < 1.29 is 9.90 Å². The van der Waals surface area contributed by atoms with Gasteiger partial charge >= 0.3 is 0 Å². The Morgan fingerprint density at radius 2 is 2.04 bits per heavy atom. The lowest BCUT2D eigenvalue weighted by Crippen LogP contribution is -2.27. The lowest BCUT2D eigenvalue weighted by molar-refractivity contribution is 0.0944. The van der Waals surface area contributed by atoms with Crippen LogP contribution in [0, 0.1) is 13.8 Å². The summed E-state index contributed by atoms with van der Waals surface area (Å²) in [4.78, 5) is 16.7. The van der Waals surface area contributed by atoms with Crippen LogP contribution in [0.25, 0.3) is 5.65 Å². The van der Waals surface area contributed by atoms with Gasteiger partial charge < -0.3 is 20.1 Å². The molecule has 0 aliphatic carbocycles. The first kappa shape index (κ1) is 17.0. The maximum absolute atomic E-state index is 12.1. The second kappa shape index (κ2) is 7.36. The first-order valence-electron chi connectivity index (χ1n) is 8.25. The van der Waals surface area contributed by atoms with Gasteiger partial charge in [0.25, 0.3) is 5.91 Å². The van der Waals surface area contributed by atoms with Crippen LogP contribution in [0.4, 0.5) is 5.69 Å². The minimum Gasteiger partial charge on any atom is -0.395 e. The second-order valence-electron chi connectivity index (χ2n) is 6.02. The number of carbonyl (C=O) groups is 1. The molecule has 130 valence electrons. The Morgan fingerprint density at radius 3 is 2.84 bits per heavy atom. The predicted molar refractivity (Wildman–Crippen MR) is 97.9 cm³/mol. The van der Waals surface area contributed by atoms with Gasteiger partial charge in [0.2, 0.25) is 0 Å². The van der Waals surface area contributed by atoms with Gasteiger partial charge in [0.05, 0.1) is 18.8 Å². The number of aliphatic hydroxyl groups excluding tert-OH is 1. The largest absolute Gasteiger partial charge is 0.395 e. The molecular weight excluding hydrogens is 316 g/mol. The molecule has 0 aliphatic heterocycles. The van der Waals surface area contributed by atoms with Crippen molar-refractivity contribution in [3.8, 4) is 0 Å². The van der Waals surface area contributed by atoms with E-state index >= 15 is 0 Å². The number of aromatic nitrogens is 2. The van der Waals surface area contributed by atoms with Crippen LogP contribution in [-0.2, 0) is 6.54 Å². The maximum Gasteiger partial charge on any atom is 0.251 e. The molecule has 2 heterocycles. The van der Waals surface area contributed by atoms with Gasteiger partial charge in [-0.05, 0) is 43.2 Å². The first-order valence-corrected chi connectivity index (χ1v) is 8.25. The molecule has 0 saturated heterocycles. The lowest BCUT2D eigenvalue weighted by atomic mass is 10.1. The molecule has 3 rings (SSSR count). The second-order valence-corrected chi connectivity index (χ2v) is 6.02. The van der Waals surface area contributed by atoms with Crippen LogP contribution in [0.15, 0.2) is 42.7 Å². The SMILES string of the molecule is Cc1ccc2nc(CNc3cccc(C(=O)NCCO)c3C)cn2c1. The molecule has 1 aromatic carbocycles. The van der Waals surface area contributed by atoms with E-state index in [0.717, 1.165) is 22.6 Å². The van der Waals surface area contributed by atoms with E-state index in [1.54, 1.807) is 6.07 Å². The van der Waals surface area contributed by atoms with Crippen LogP contribution in [0.2, 0.25) is 0 Å². The van der Waals surface area contributed by atoms with Crippen molar-refractivity contribution in [2.45, 2.75) is 20.4 Å². The normalized spacial score (nSPS) is 10.8. The molecule has 0 atom stereocenters. The van der Waals surface area contributed by atoms with E-state index in [0.29, 0.717) is 12.1 Å². The standard InChI is InChI=1S/C19H22N4O2/c1-13-6-7-18-22-15(12-23(18)11-13)10-21-17-5-3-4-16(14(17)2)19(25)20-8-9-24/h3-7,11-12,21,24H,8-10H2,1-2H3,(H,20,25). The minimum absolute atomic E-state index is 0.0733. The zero-order valence-electron chi connectivity index (χ0n) is 14.4. The summed E-state index contributed by atoms with van der Waals surface area (Å²) < 4.78 is 2.01. The lowest BCUT2D eigenvalue weighted by Gasteiger charge is -2.12. The third kappa shape index (κ3) is 3.80. The van der Waals surface area contributed by atoms with Crippen LogP contribution in [0.3, 0.4) is 0 Å². The van der Waals surface area contributed by atoms with Crippen molar-refractivity contribution in [3.05, 3.63) is 65.1 Å². The fraction of sp³-hybridized carbons (Fsp3) is 0.263. The zero-order chi connectivity index (χ0) is 17.8. The van der Waals surface area contributed by atoms with Gasteiger partial charge in [-0.25, -0.2) is 4.98 Å². The van der Waals surface area contributed by atoms with E-state index < -0.39 is 0 Å². The summed E-state index contributed by atoms with van der Waals surface area (Å²) in [5.41, 5.74) is 5.39. The molecule has 0 spiro atoms. The minimum atomic E-state index is -0.182. The molecule has 0 fully saturated rings. The number of anilines is 1. The van der Waals surface area contributed by atoms with E-state index in [4.69, 9.17) is 5.11 Å². The highest BCUT2D eigenvalue weighted by Crippen LogP contribution is 2.20. The molecular formula is C19H22N4O2. The molecule has 6 heteroatoms. The van der Waals surface area contributed by atoms with E-state index in [1.165, 1.54) is 5.56 Å². The highest BCUT2D eigenvalue weighted by atomic mass is 16.3. The molecule has 3 aromatic rings. The number of benzene rings is 1. The summed E-state index contributed by atoms with van der Waals surface area (Å²) >= 11 is 0. The van der Waals surface area contributed by atoms with Gasteiger partial charge in [-0.3, -0.25) is 4.79 Å². The summed E-state index contributed by atoms with van der Waals surface area (Å²) in [6, 6.07) is 9.60. The highest BCUT2D eigenvalue weighted by molar-refractivity contribution is 5.97. The highest BCUT2D eigenvalue weighted by Gasteiger charge is 2.11. The Balaban J connectivity index is 1.75. The summed E-state index contributed by atoms with van der Waals surface area (Å²) in [7, 11) is 0. The van der Waals surface area contributed by atoms with Crippen molar-refractivity contribution >= 4 is 17.2 Å². The van der Waals surface area contributed by atoms with Crippen LogP contribution >= 0.6 is 0 Å². The Labute approximate surface area is 146 Å². The van der Waals surface area contributed by atoms with Crippen LogP contribution in [0.1, 0.15) is 27.2 Å². The number of aryl methyl sites for hydroxylation is 1. The summed E-state index contributed by atoms with van der Waals surface area (Å²) in [6.07, 6.45) is 4.05. The first-order chi connectivity index (χ1) is 12.1. The fourth-order valence-corrected chi connectivity index (χ4v) is 2.76. The van der Waals surface area contributed by atoms with Gasteiger partial charge in [0, 0.05) is 30.2 Å². The van der Waals surface area contributed by atoms with E-state index in [1.807, 2.05) is 54.9 Å². The van der Waals surface area contributed by atoms with Crippen molar-refractivity contribution in [2.75, 3.05) is 18.5 Å². The van der Waals surface area contributed by atoms with Crippen molar-refractivity contribution in [1.29, 1.82) is 0 Å². The molecule has 0 unspecified atom stereocenters. The summed E-state index contributed by atoms with van der Waals surface area (Å²) in [5, 5.41) is 14.9. The molecule has 2 aromatic heterocycles. The third-order valence-corrected chi connectivity index (χ3v) is 4.08. The number of hydrogen-bond acceptors (Lipinski definition) is 4. The van der Waals surface area contributed by atoms with Gasteiger partial charge in [0.1, 0.15) is 5.65 Å². The topological polar surface area (TPSA) is 78.7 Å². The number of aliphatic hydroxyl groups is 1. The predicted octanol–water partition coefficient (Wildman–Crippen LogP) is 2.29. The van der Waals surface area contributed by atoms with Gasteiger partial charge in [-0.15, -0.1) is 0 Å². The number of rotatable bonds is 6. The monoisotopic (exact) mass is 338 g/mol. The molecule has 25 heavy (non-hydrogen) atoms. The van der Waals surface area contributed by atoms with E-state index in [9.17, 15) is 4.79 Å². The van der Waals surface area contributed by atoms with Crippen LogP contribution < -0.4 is 10.6 Å². The Kier molecular flexibility index (Phi) is 5.00. The molecule has 6 nitrogen and oxygen atoms in total. The van der Waals surface area contributed by atoms with Crippen molar-refractivity contribution in [3.63, 3.8) is 0 Å². The molecule has 3 N–H and O–H groups in total. The van der Waals surface area contributed by atoms with Crippen molar-refractivity contribution in [1.82, 2.24) is 14.7 Å². The molecule has 0 radical (unpaired) electrons. The average molecular weight is 338 g/mol. The molecule has 0 aliphatic rings. The molecule has 0 bridgehead atoms. The Bertz CT molecular complexity index is 902. The van der Waals surface area contributed by atoms with Crippen LogP contribution in [-0.4, -0.2) is 33.6 Å². The average Bonchev–Trinajstić information content (AvgIpc) is 3.00. The summed E-state index contributed by atoms with van der Waals surface area (Å²) in [5.74, 6) is -0.182. The molecule has 0 saturated carbocycles. The van der Waals surface area contributed by atoms with Gasteiger partial charge in [-0.1, -0.05) is 12.1 Å². The number of imidazole rings is 1. The Hall–Kier alpha value is -2.86. The van der Waals surface area contributed by atoms with E-state index in [-0.39, 0.29) is 19.1 Å². The van der Waals surface area contributed by atoms with Gasteiger partial charge in [-0.2, -0.15) is 0 Å². The zero-order valence-corrected chi connectivity index (χ0v) is 14.4. The molecule has 1 amide bonds. The smallest absolute Gasteiger partial charge is 0.251 e. The number of nitrogens with zero attached hydrogens (tertiary/aromatic N) is 2. The number of carbonyl (C=O) groups excluding carboxylic acids is 1. The summed E-state index contributed by atoms with van der Waals surface area (Å²) in [6.45, 7) is 4.70. The van der Waals surface area contributed by atoms with Crippen molar-refractivity contribution in [2.24, 2.45) is 0 Å². The number of hydrogen-bond donors (Lipinski definition) is 3. The number of pyridine rings is 1. The fourth-order valence-electron chi connectivity index (χ4n) is 2.76.